The Morgan fingerprint density at radius 1 is 1.26 bits per heavy atom. The summed E-state index contributed by atoms with van der Waals surface area (Å²) in [6.45, 7) is 4.02. The largest absolute Gasteiger partial charge is 0.349 e. The van der Waals surface area contributed by atoms with Crippen molar-refractivity contribution in [3.63, 3.8) is 0 Å². The maximum atomic E-state index is 11.9. The van der Waals surface area contributed by atoms with Crippen LogP contribution in [0.1, 0.15) is 69.2 Å². The summed E-state index contributed by atoms with van der Waals surface area (Å²) >= 11 is 0. The Morgan fingerprint density at radius 2 is 1.96 bits per heavy atom. The van der Waals surface area contributed by atoms with Gasteiger partial charge in [-0.15, -0.1) is 0 Å². The predicted octanol–water partition coefficient (Wildman–Crippen LogP) is 3.14. The first kappa shape index (κ1) is 16.2. The lowest BCUT2D eigenvalue weighted by atomic mass is 9.95. The molecular weight excluding hydrogens is 288 g/mol. The second-order valence-electron chi connectivity index (χ2n) is 7.12. The summed E-state index contributed by atoms with van der Waals surface area (Å²) in [4.78, 5) is 23.4. The Kier molecular flexibility index (Phi) is 4.83. The number of hydrogen-bond donors (Lipinski definition) is 1. The Hall–Kier alpha value is -1.65. The molecule has 0 saturated heterocycles. The Morgan fingerprint density at radius 3 is 2.57 bits per heavy atom. The molecule has 1 amide bonds. The third-order valence-corrected chi connectivity index (χ3v) is 5.22. The fourth-order valence-corrected chi connectivity index (χ4v) is 3.45. The first-order valence-electron chi connectivity index (χ1n) is 8.93. The predicted molar refractivity (Wildman–Crippen MR) is 91.3 cm³/mol. The molecular formula is C18H28N4O. The van der Waals surface area contributed by atoms with Crippen LogP contribution in [0.15, 0.2) is 6.20 Å². The van der Waals surface area contributed by atoms with E-state index in [1.165, 1.54) is 32.1 Å². The molecule has 1 aromatic heterocycles. The van der Waals surface area contributed by atoms with E-state index in [2.05, 4.69) is 22.2 Å². The van der Waals surface area contributed by atoms with Crippen LogP contribution in [0.2, 0.25) is 0 Å². The normalized spacial score (nSPS) is 20.1. The SMILES string of the molecule is Cc1nc(N(C)C2CCCCC2)ncc1[C@H](C)NC(=O)C1CC1. The third-order valence-electron chi connectivity index (χ3n) is 5.22. The fourth-order valence-electron chi connectivity index (χ4n) is 3.45. The second-order valence-corrected chi connectivity index (χ2v) is 7.12. The van der Waals surface area contributed by atoms with Crippen LogP contribution < -0.4 is 10.2 Å². The van der Waals surface area contributed by atoms with Crippen LogP contribution in [-0.4, -0.2) is 29.0 Å². The molecule has 0 radical (unpaired) electrons. The maximum Gasteiger partial charge on any atom is 0.225 e. The Labute approximate surface area is 138 Å². The molecule has 0 aromatic carbocycles. The summed E-state index contributed by atoms with van der Waals surface area (Å²) in [5.74, 6) is 1.20. The van der Waals surface area contributed by atoms with Gasteiger partial charge in [0.05, 0.1) is 6.04 Å². The molecule has 1 heterocycles. The van der Waals surface area contributed by atoms with E-state index in [1.54, 1.807) is 0 Å². The summed E-state index contributed by atoms with van der Waals surface area (Å²) < 4.78 is 0. The number of hydrogen-bond acceptors (Lipinski definition) is 4. The lowest BCUT2D eigenvalue weighted by Gasteiger charge is -2.31. The summed E-state index contributed by atoms with van der Waals surface area (Å²) in [7, 11) is 2.10. The minimum Gasteiger partial charge on any atom is -0.349 e. The van der Waals surface area contributed by atoms with Gasteiger partial charge < -0.3 is 10.2 Å². The zero-order valence-corrected chi connectivity index (χ0v) is 14.5. The molecule has 1 N–H and O–H groups in total. The van der Waals surface area contributed by atoms with Gasteiger partial charge in [-0.1, -0.05) is 19.3 Å². The lowest BCUT2D eigenvalue weighted by Crippen LogP contribution is -2.35. The average Bonchev–Trinajstić information content (AvgIpc) is 3.39. The van der Waals surface area contributed by atoms with Gasteiger partial charge in [-0.05, 0) is 39.5 Å². The van der Waals surface area contributed by atoms with E-state index in [0.717, 1.165) is 30.0 Å². The molecule has 23 heavy (non-hydrogen) atoms. The number of carbonyl (C=O) groups is 1. The van der Waals surface area contributed by atoms with Crippen LogP contribution in [0.5, 0.6) is 0 Å². The topological polar surface area (TPSA) is 58.1 Å². The van der Waals surface area contributed by atoms with E-state index >= 15 is 0 Å². The highest BCUT2D eigenvalue weighted by atomic mass is 16.2. The van der Waals surface area contributed by atoms with Crippen LogP contribution in [0.4, 0.5) is 5.95 Å². The summed E-state index contributed by atoms with van der Waals surface area (Å²) in [5, 5.41) is 3.08. The molecule has 0 spiro atoms. The molecule has 5 heteroatoms. The van der Waals surface area contributed by atoms with Crippen molar-refractivity contribution in [2.75, 3.05) is 11.9 Å². The number of nitrogens with one attached hydrogen (secondary N) is 1. The van der Waals surface area contributed by atoms with Crippen molar-refractivity contribution in [2.45, 2.75) is 70.9 Å². The van der Waals surface area contributed by atoms with E-state index in [1.807, 2.05) is 20.0 Å². The van der Waals surface area contributed by atoms with Gasteiger partial charge in [0.25, 0.3) is 0 Å². The van der Waals surface area contributed by atoms with Crippen LogP contribution in [-0.2, 0) is 4.79 Å². The number of aromatic nitrogens is 2. The van der Waals surface area contributed by atoms with Crippen molar-refractivity contribution in [2.24, 2.45) is 5.92 Å². The van der Waals surface area contributed by atoms with E-state index in [4.69, 9.17) is 4.98 Å². The molecule has 1 aromatic rings. The van der Waals surface area contributed by atoms with Crippen molar-refractivity contribution < 1.29 is 4.79 Å². The highest BCUT2D eigenvalue weighted by Gasteiger charge is 2.30. The lowest BCUT2D eigenvalue weighted by molar-refractivity contribution is -0.122. The second kappa shape index (κ2) is 6.85. The smallest absolute Gasteiger partial charge is 0.225 e. The average molecular weight is 316 g/mol. The quantitative estimate of drug-likeness (QED) is 0.906. The fraction of sp³-hybridized carbons (Fsp3) is 0.722. The van der Waals surface area contributed by atoms with Crippen molar-refractivity contribution in [3.8, 4) is 0 Å². The molecule has 2 aliphatic rings. The zero-order valence-electron chi connectivity index (χ0n) is 14.5. The van der Waals surface area contributed by atoms with E-state index in [0.29, 0.717) is 6.04 Å². The maximum absolute atomic E-state index is 11.9. The molecule has 0 aliphatic heterocycles. The molecule has 3 rings (SSSR count). The summed E-state index contributed by atoms with van der Waals surface area (Å²) in [6, 6.07) is 0.526. The van der Waals surface area contributed by atoms with Gasteiger partial charge in [-0.3, -0.25) is 4.79 Å². The number of aryl methyl sites for hydroxylation is 1. The van der Waals surface area contributed by atoms with E-state index < -0.39 is 0 Å². The van der Waals surface area contributed by atoms with Gasteiger partial charge in [0.2, 0.25) is 11.9 Å². The molecule has 0 unspecified atom stereocenters. The molecule has 2 fully saturated rings. The summed E-state index contributed by atoms with van der Waals surface area (Å²) in [6.07, 6.45) is 10.4. The highest BCUT2D eigenvalue weighted by Crippen LogP contribution is 2.30. The van der Waals surface area contributed by atoms with E-state index in [-0.39, 0.29) is 17.9 Å². The number of amides is 1. The van der Waals surface area contributed by atoms with E-state index in [9.17, 15) is 4.79 Å². The monoisotopic (exact) mass is 316 g/mol. The van der Waals surface area contributed by atoms with Gasteiger partial charge in [0.1, 0.15) is 0 Å². The number of nitrogens with zero attached hydrogens (tertiary/aromatic N) is 3. The molecule has 0 bridgehead atoms. The van der Waals surface area contributed by atoms with Crippen LogP contribution in [0, 0.1) is 12.8 Å². The van der Waals surface area contributed by atoms with Crippen LogP contribution in [0.3, 0.4) is 0 Å². The first-order valence-corrected chi connectivity index (χ1v) is 8.93. The third kappa shape index (κ3) is 3.82. The molecule has 2 saturated carbocycles. The first-order chi connectivity index (χ1) is 11.1. The van der Waals surface area contributed by atoms with Gasteiger partial charge in [0.15, 0.2) is 0 Å². The molecule has 1 atom stereocenters. The Balaban J connectivity index is 1.67. The standard InChI is InChI=1S/C18H28N4O/c1-12(20-17(23)14-9-10-14)16-11-19-18(21-13(16)2)22(3)15-7-5-4-6-8-15/h11-12,14-15H,4-10H2,1-3H3,(H,20,23)/t12-/m0/s1. The van der Waals surface area contributed by atoms with Crippen molar-refractivity contribution >= 4 is 11.9 Å². The molecule has 5 nitrogen and oxygen atoms in total. The minimum absolute atomic E-state index is 0.0304. The number of carbonyl (C=O) groups excluding carboxylic acids is 1. The van der Waals surface area contributed by atoms with Crippen LogP contribution >= 0.6 is 0 Å². The van der Waals surface area contributed by atoms with Crippen molar-refractivity contribution in [1.29, 1.82) is 0 Å². The van der Waals surface area contributed by atoms with Gasteiger partial charge in [0, 0.05) is 36.5 Å². The number of anilines is 1. The molecule has 126 valence electrons. The van der Waals surface area contributed by atoms with Gasteiger partial charge in [-0.25, -0.2) is 9.97 Å². The number of rotatable bonds is 5. The van der Waals surface area contributed by atoms with Gasteiger partial charge in [-0.2, -0.15) is 0 Å². The minimum atomic E-state index is -0.0304. The van der Waals surface area contributed by atoms with Crippen LogP contribution in [0.25, 0.3) is 0 Å². The Bertz CT molecular complexity index is 564. The zero-order chi connectivity index (χ0) is 16.4. The highest BCUT2D eigenvalue weighted by molar-refractivity contribution is 5.81. The van der Waals surface area contributed by atoms with Crippen molar-refractivity contribution in [1.82, 2.24) is 15.3 Å². The molecule has 2 aliphatic carbocycles. The van der Waals surface area contributed by atoms with Crippen molar-refractivity contribution in [3.05, 3.63) is 17.5 Å². The van der Waals surface area contributed by atoms with Gasteiger partial charge >= 0.3 is 0 Å². The summed E-state index contributed by atoms with van der Waals surface area (Å²) in [5.41, 5.74) is 1.97.